The molecule has 0 saturated carbocycles. The zero-order valence-electron chi connectivity index (χ0n) is 11.9. The van der Waals surface area contributed by atoms with Crippen molar-refractivity contribution in [3.8, 4) is 0 Å². The molecule has 1 aliphatic rings. The summed E-state index contributed by atoms with van der Waals surface area (Å²) < 4.78 is 0. The van der Waals surface area contributed by atoms with Gasteiger partial charge in [0, 0.05) is 22.5 Å². The largest absolute Gasteiger partial charge is 0.358 e. The number of rotatable bonds is 1. The molecule has 20 heavy (non-hydrogen) atoms. The van der Waals surface area contributed by atoms with Crippen LogP contribution in [0.4, 0.5) is 0 Å². The Morgan fingerprint density at radius 3 is 2.35 bits per heavy atom. The Kier molecular flexibility index (Phi) is 2.50. The Labute approximate surface area is 119 Å². The minimum atomic E-state index is 0.494. The molecule has 0 unspecified atom stereocenters. The van der Waals surface area contributed by atoms with E-state index in [1.54, 1.807) is 0 Å². The van der Waals surface area contributed by atoms with Crippen LogP contribution >= 0.6 is 0 Å². The molecule has 0 spiro atoms. The lowest BCUT2D eigenvalue weighted by atomic mass is 9.85. The molecule has 2 aromatic carbocycles. The van der Waals surface area contributed by atoms with Gasteiger partial charge >= 0.3 is 0 Å². The average molecular weight is 261 g/mol. The summed E-state index contributed by atoms with van der Waals surface area (Å²) in [6, 6.07) is 19.6. The maximum atomic E-state index is 3.69. The summed E-state index contributed by atoms with van der Waals surface area (Å²) in [5.74, 6) is 1.74. The molecule has 0 amide bonds. The quantitative estimate of drug-likeness (QED) is 0.630. The number of fused-ring (bicyclic) bond motifs is 3. The van der Waals surface area contributed by atoms with Crippen molar-refractivity contribution in [3.63, 3.8) is 0 Å². The molecule has 3 atom stereocenters. The van der Waals surface area contributed by atoms with Crippen molar-refractivity contribution in [2.45, 2.75) is 25.7 Å². The molecule has 0 aliphatic heterocycles. The first-order chi connectivity index (χ1) is 9.77. The van der Waals surface area contributed by atoms with Crippen LogP contribution in [0.5, 0.6) is 0 Å². The van der Waals surface area contributed by atoms with Gasteiger partial charge < -0.3 is 4.98 Å². The van der Waals surface area contributed by atoms with E-state index in [1.807, 2.05) is 0 Å². The van der Waals surface area contributed by atoms with Crippen LogP contribution in [-0.4, -0.2) is 4.98 Å². The second kappa shape index (κ2) is 4.24. The third kappa shape index (κ3) is 1.49. The van der Waals surface area contributed by atoms with Gasteiger partial charge in [-0.2, -0.15) is 0 Å². The molecule has 0 radical (unpaired) electrons. The number of aromatic nitrogens is 1. The van der Waals surface area contributed by atoms with Crippen molar-refractivity contribution in [1.82, 2.24) is 4.98 Å². The van der Waals surface area contributed by atoms with Crippen molar-refractivity contribution < 1.29 is 0 Å². The molecule has 0 bridgehead atoms. The number of aromatic amines is 1. The van der Waals surface area contributed by atoms with Gasteiger partial charge in [-0.1, -0.05) is 62.4 Å². The monoisotopic (exact) mass is 261 g/mol. The molecule has 100 valence electrons. The smallest absolute Gasteiger partial charge is 0.0459 e. The maximum absolute atomic E-state index is 3.69. The second-order valence-electron chi connectivity index (χ2n) is 6.03. The number of H-pyrrole nitrogens is 1. The first-order valence-corrected chi connectivity index (χ1v) is 7.43. The lowest BCUT2D eigenvalue weighted by molar-refractivity contribution is 0.480. The van der Waals surface area contributed by atoms with Gasteiger partial charge in [-0.3, -0.25) is 0 Å². The van der Waals surface area contributed by atoms with Crippen LogP contribution in [0.15, 0.2) is 54.6 Å². The molecule has 1 aliphatic carbocycles. The number of benzene rings is 2. The lowest BCUT2D eigenvalue weighted by Crippen LogP contribution is -2.08. The average Bonchev–Trinajstić information content (AvgIpc) is 2.96. The van der Waals surface area contributed by atoms with Crippen molar-refractivity contribution >= 4 is 10.9 Å². The third-order valence-electron chi connectivity index (χ3n) is 5.02. The van der Waals surface area contributed by atoms with Crippen LogP contribution in [0.1, 0.15) is 42.5 Å². The fourth-order valence-corrected chi connectivity index (χ4v) is 3.87. The van der Waals surface area contributed by atoms with E-state index < -0.39 is 0 Å². The Morgan fingerprint density at radius 1 is 0.850 bits per heavy atom. The summed E-state index contributed by atoms with van der Waals surface area (Å²) in [6.07, 6.45) is 0. The van der Waals surface area contributed by atoms with Crippen molar-refractivity contribution in [2.75, 3.05) is 0 Å². The summed E-state index contributed by atoms with van der Waals surface area (Å²) in [6.45, 7) is 4.75. The minimum absolute atomic E-state index is 0.494. The van der Waals surface area contributed by atoms with E-state index >= 15 is 0 Å². The van der Waals surface area contributed by atoms with Gasteiger partial charge in [-0.15, -0.1) is 0 Å². The minimum Gasteiger partial charge on any atom is -0.358 e. The van der Waals surface area contributed by atoms with E-state index in [0.717, 1.165) is 0 Å². The topological polar surface area (TPSA) is 15.8 Å². The SMILES string of the molecule is C[C@@H]1[C@@H](c2ccccc2)c2[nH]c3ccccc3c2[C@@H]1C. The molecule has 3 aromatic rings. The van der Waals surface area contributed by atoms with E-state index in [2.05, 4.69) is 73.4 Å². The number of hydrogen-bond donors (Lipinski definition) is 1. The number of hydrogen-bond acceptors (Lipinski definition) is 0. The zero-order valence-corrected chi connectivity index (χ0v) is 11.9. The maximum Gasteiger partial charge on any atom is 0.0459 e. The molecule has 0 saturated heterocycles. The van der Waals surface area contributed by atoms with E-state index in [0.29, 0.717) is 17.8 Å². The molecule has 1 heteroatoms. The second-order valence-corrected chi connectivity index (χ2v) is 6.03. The predicted molar refractivity (Wildman–Crippen MR) is 84.2 cm³/mol. The lowest BCUT2D eigenvalue weighted by Gasteiger charge is -2.20. The highest BCUT2D eigenvalue weighted by Crippen LogP contribution is 2.51. The first kappa shape index (κ1) is 11.8. The van der Waals surface area contributed by atoms with Crippen LogP contribution in [0.2, 0.25) is 0 Å². The summed E-state index contributed by atoms with van der Waals surface area (Å²) in [5, 5.41) is 1.40. The van der Waals surface area contributed by atoms with Crippen molar-refractivity contribution in [3.05, 3.63) is 71.4 Å². The van der Waals surface area contributed by atoms with Crippen LogP contribution in [-0.2, 0) is 0 Å². The van der Waals surface area contributed by atoms with Gasteiger partial charge in [0.25, 0.3) is 0 Å². The summed E-state index contributed by atoms with van der Waals surface area (Å²) in [4.78, 5) is 3.69. The molecule has 1 aromatic heterocycles. The normalized spacial score (nSPS) is 25.0. The highest BCUT2D eigenvalue weighted by molar-refractivity contribution is 5.86. The number of para-hydroxylation sites is 1. The van der Waals surface area contributed by atoms with Gasteiger partial charge in [0.05, 0.1) is 0 Å². The van der Waals surface area contributed by atoms with E-state index in [-0.39, 0.29) is 0 Å². The molecule has 1 heterocycles. The molecular formula is C19H19N. The molecule has 1 N–H and O–H groups in total. The van der Waals surface area contributed by atoms with Crippen LogP contribution in [0.25, 0.3) is 10.9 Å². The van der Waals surface area contributed by atoms with Crippen LogP contribution in [0, 0.1) is 5.92 Å². The highest BCUT2D eigenvalue weighted by atomic mass is 14.8. The Morgan fingerprint density at radius 2 is 1.55 bits per heavy atom. The summed E-state index contributed by atoms with van der Waals surface area (Å²) in [7, 11) is 0. The van der Waals surface area contributed by atoms with Gasteiger partial charge in [0.2, 0.25) is 0 Å². The van der Waals surface area contributed by atoms with Gasteiger partial charge in [-0.05, 0) is 29.0 Å². The van der Waals surface area contributed by atoms with E-state index in [4.69, 9.17) is 0 Å². The summed E-state index contributed by atoms with van der Waals surface area (Å²) in [5.41, 5.74) is 5.66. The van der Waals surface area contributed by atoms with Gasteiger partial charge in [-0.25, -0.2) is 0 Å². The van der Waals surface area contributed by atoms with Gasteiger partial charge in [0.1, 0.15) is 0 Å². The molecule has 0 fully saturated rings. The van der Waals surface area contributed by atoms with Gasteiger partial charge in [0.15, 0.2) is 0 Å². The Bertz CT molecular complexity index is 754. The standard InChI is InChI=1S/C19H19N/c1-12-13(2)18-15-10-6-7-11-16(15)20-19(18)17(12)14-8-4-3-5-9-14/h3-13,17,20H,1-2H3/t12-,13+,17-/m0/s1. The van der Waals surface area contributed by atoms with Crippen LogP contribution in [0.3, 0.4) is 0 Å². The van der Waals surface area contributed by atoms with E-state index in [1.165, 1.54) is 27.7 Å². The third-order valence-corrected chi connectivity index (χ3v) is 5.02. The van der Waals surface area contributed by atoms with E-state index in [9.17, 15) is 0 Å². The Hall–Kier alpha value is -2.02. The molecular weight excluding hydrogens is 242 g/mol. The molecule has 1 nitrogen and oxygen atoms in total. The Balaban J connectivity index is 1.96. The van der Waals surface area contributed by atoms with Crippen LogP contribution < -0.4 is 0 Å². The molecule has 4 rings (SSSR count). The highest BCUT2D eigenvalue weighted by Gasteiger charge is 2.38. The fourth-order valence-electron chi connectivity index (χ4n) is 3.87. The zero-order chi connectivity index (χ0) is 13.7. The first-order valence-electron chi connectivity index (χ1n) is 7.43. The van der Waals surface area contributed by atoms with Crippen molar-refractivity contribution in [1.29, 1.82) is 0 Å². The predicted octanol–water partition coefficient (Wildman–Crippen LogP) is 5.05. The number of nitrogens with one attached hydrogen (secondary N) is 1. The van der Waals surface area contributed by atoms with Crippen molar-refractivity contribution in [2.24, 2.45) is 5.92 Å². The summed E-state index contributed by atoms with van der Waals surface area (Å²) >= 11 is 0. The fraction of sp³-hybridized carbons (Fsp3) is 0.263.